The molecule has 1 unspecified atom stereocenters. The third-order valence-electron chi connectivity index (χ3n) is 3.35. The third kappa shape index (κ3) is 4.36. The molecule has 0 bridgehead atoms. The smallest absolute Gasteiger partial charge is 0.312 e. The van der Waals surface area contributed by atoms with Crippen LogP contribution in [-0.4, -0.2) is 35.6 Å². The van der Waals surface area contributed by atoms with Crippen molar-refractivity contribution >= 4 is 23.2 Å². The normalized spacial score (nSPS) is 12.0. The maximum Gasteiger partial charge on any atom is 0.312 e. The Bertz CT molecular complexity index is 730. The van der Waals surface area contributed by atoms with E-state index in [1.54, 1.807) is 6.92 Å². The van der Waals surface area contributed by atoms with Crippen molar-refractivity contribution in [1.82, 2.24) is 10.3 Å². The number of carboxylic acids is 1. The summed E-state index contributed by atoms with van der Waals surface area (Å²) in [6.07, 6.45) is 0. The number of aliphatic carboxylic acids is 1. The lowest BCUT2D eigenvalue weighted by Crippen LogP contribution is -2.31. The lowest BCUT2D eigenvalue weighted by Gasteiger charge is -2.13. The van der Waals surface area contributed by atoms with E-state index in [0.29, 0.717) is 27.7 Å². The number of carboxylic acid groups (broad SMARTS) is 1. The van der Waals surface area contributed by atoms with E-state index in [1.807, 2.05) is 0 Å². The molecule has 1 atom stereocenters. The van der Waals surface area contributed by atoms with Gasteiger partial charge in [-0.25, -0.2) is 9.37 Å². The summed E-state index contributed by atoms with van der Waals surface area (Å²) in [7, 11) is 1.54. The van der Waals surface area contributed by atoms with Gasteiger partial charge in [-0.15, -0.1) is 11.3 Å². The molecule has 0 aliphatic carbocycles. The predicted octanol–water partition coefficient (Wildman–Crippen LogP) is 2.34. The number of hydrogen-bond donors (Lipinski definition) is 2. The van der Waals surface area contributed by atoms with E-state index in [9.17, 15) is 19.1 Å². The van der Waals surface area contributed by atoms with Crippen molar-refractivity contribution < 1.29 is 23.8 Å². The number of ether oxygens (including phenoxy) is 1. The second-order valence-electron chi connectivity index (χ2n) is 5.11. The molecule has 8 heteroatoms. The summed E-state index contributed by atoms with van der Waals surface area (Å²) in [5.41, 5.74) is 0.989. The number of nitrogens with one attached hydrogen (secondary N) is 1. The van der Waals surface area contributed by atoms with Gasteiger partial charge in [0.1, 0.15) is 15.7 Å². The minimum absolute atomic E-state index is 0.100. The van der Waals surface area contributed by atoms with E-state index in [0.717, 1.165) is 0 Å². The molecule has 0 saturated heterocycles. The number of hydrogen-bond acceptors (Lipinski definition) is 5. The van der Waals surface area contributed by atoms with Gasteiger partial charge in [0.25, 0.3) is 5.91 Å². The molecule has 2 aromatic rings. The van der Waals surface area contributed by atoms with Crippen LogP contribution in [0.15, 0.2) is 24.3 Å². The van der Waals surface area contributed by atoms with Crippen molar-refractivity contribution in [1.29, 1.82) is 0 Å². The minimum Gasteiger partial charge on any atom is -0.481 e. The van der Waals surface area contributed by atoms with E-state index >= 15 is 0 Å². The minimum atomic E-state index is -1.09. The van der Waals surface area contributed by atoms with Crippen molar-refractivity contribution in [2.45, 2.75) is 19.4 Å². The summed E-state index contributed by atoms with van der Waals surface area (Å²) >= 11 is 1.20. The van der Waals surface area contributed by atoms with E-state index in [4.69, 9.17) is 4.74 Å². The van der Waals surface area contributed by atoms with Crippen LogP contribution in [0, 0.1) is 12.7 Å². The molecular weight excluding hydrogens is 335 g/mol. The second-order valence-corrected chi connectivity index (χ2v) is 6.19. The first-order valence-electron chi connectivity index (χ1n) is 7.14. The molecule has 1 heterocycles. The molecule has 1 aromatic heterocycles. The fourth-order valence-corrected chi connectivity index (χ4v) is 3.12. The molecule has 2 rings (SSSR count). The van der Waals surface area contributed by atoms with Gasteiger partial charge in [-0.1, -0.05) is 12.1 Å². The van der Waals surface area contributed by atoms with Crippen molar-refractivity contribution in [2.24, 2.45) is 0 Å². The summed E-state index contributed by atoms with van der Waals surface area (Å²) in [6, 6.07) is 5.18. The Morgan fingerprint density at radius 3 is 2.62 bits per heavy atom. The van der Waals surface area contributed by atoms with Gasteiger partial charge in [-0.2, -0.15) is 0 Å². The quantitative estimate of drug-likeness (QED) is 0.798. The number of halogens is 1. The van der Waals surface area contributed by atoms with Gasteiger partial charge in [0.2, 0.25) is 0 Å². The molecule has 0 aliphatic rings. The van der Waals surface area contributed by atoms with Crippen LogP contribution in [0.2, 0.25) is 0 Å². The lowest BCUT2D eigenvalue weighted by atomic mass is 9.99. The average molecular weight is 352 g/mol. The molecule has 0 aliphatic heterocycles. The Kier molecular flexibility index (Phi) is 5.99. The van der Waals surface area contributed by atoms with E-state index in [-0.39, 0.29) is 12.5 Å². The molecule has 24 heavy (non-hydrogen) atoms. The highest BCUT2D eigenvalue weighted by atomic mass is 32.1. The van der Waals surface area contributed by atoms with E-state index in [2.05, 4.69) is 10.3 Å². The Hall–Kier alpha value is -2.32. The first kappa shape index (κ1) is 18.0. The maximum absolute atomic E-state index is 13.0. The molecular formula is C16H17FN2O4S. The highest BCUT2D eigenvalue weighted by Crippen LogP contribution is 2.20. The summed E-state index contributed by atoms with van der Waals surface area (Å²) in [5.74, 6) is -2.89. The molecule has 0 radical (unpaired) electrons. The molecule has 1 aromatic carbocycles. The number of amides is 1. The predicted molar refractivity (Wildman–Crippen MR) is 86.7 cm³/mol. The first-order valence-corrected chi connectivity index (χ1v) is 7.95. The van der Waals surface area contributed by atoms with Crippen LogP contribution in [0.4, 0.5) is 4.39 Å². The van der Waals surface area contributed by atoms with Crippen LogP contribution in [0.3, 0.4) is 0 Å². The Morgan fingerprint density at radius 2 is 2.04 bits per heavy atom. The standard InChI is InChI=1S/C16H17FN2O4S/c1-9-14(24-13(19-9)8-23-2)15(20)18-7-12(16(21)22)10-3-5-11(17)6-4-10/h3-6,12H,7-8H2,1-2H3,(H,18,20)(H,21,22). The second kappa shape index (κ2) is 7.98. The molecule has 0 fully saturated rings. The van der Waals surface area contributed by atoms with Crippen LogP contribution < -0.4 is 5.32 Å². The van der Waals surface area contributed by atoms with Gasteiger partial charge >= 0.3 is 5.97 Å². The Morgan fingerprint density at radius 1 is 1.38 bits per heavy atom. The SMILES string of the molecule is COCc1nc(C)c(C(=O)NCC(C(=O)O)c2ccc(F)cc2)s1. The zero-order valence-electron chi connectivity index (χ0n) is 13.2. The molecule has 6 nitrogen and oxygen atoms in total. The molecule has 2 N–H and O–H groups in total. The van der Waals surface area contributed by atoms with Crippen LogP contribution in [0.25, 0.3) is 0 Å². The lowest BCUT2D eigenvalue weighted by molar-refractivity contribution is -0.138. The number of methoxy groups -OCH3 is 1. The highest BCUT2D eigenvalue weighted by molar-refractivity contribution is 7.13. The van der Waals surface area contributed by atoms with Gasteiger partial charge in [-0.3, -0.25) is 9.59 Å². The highest BCUT2D eigenvalue weighted by Gasteiger charge is 2.22. The number of carbonyl (C=O) groups excluding carboxylic acids is 1. The number of carbonyl (C=O) groups is 2. The molecule has 0 saturated carbocycles. The number of aromatic nitrogens is 1. The average Bonchev–Trinajstić information content (AvgIpc) is 2.90. The Labute approximate surface area is 142 Å². The van der Waals surface area contributed by atoms with Gasteiger partial charge in [0.15, 0.2) is 0 Å². The summed E-state index contributed by atoms with van der Waals surface area (Å²) in [4.78, 5) is 28.3. The topological polar surface area (TPSA) is 88.5 Å². The number of aryl methyl sites for hydroxylation is 1. The number of thiazole rings is 1. The molecule has 1 amide bonds. The van der Waals surface area contributed by atoms with Gasteiger partial charge in [-0.05, 0) is 24.6 Å². The van der Waals surface area contributed by atoms with Gasteiger partial charge in [0, 0.05) is 13.7 Å². The summed E-state index contributed by atoms with van der Waals surface area (Å²) in [5, 5.41) is 12.6. The van der Waals surface area contributed by atoms with Crippen LogP contribution in [0.5, 0.6) is 0 Å². The van der Waals surface area contributed by atoms with Gasteiger partial charge < -0.3 is 15.2 Å². The summed E-state index contributed by atoms with van der Waals surface area (Å²) < 4.78 is 17.9. The van der Waals surface area contributed by atoms with Gasteiger partial charge in [0.05, 0.1) is 18.2 Å². The largest absolute Gasteiger partial charge is 0.481 e. The van der Waals surface area contributed by atoms with Crippen LogP contribution >= 0.6 is 11.3 Å². The monoisotopic (exact) mass is 352 g/mol. The van der Waals surface area contributed by atoms with Crippen molar-refractivity contribution in [3.63, 3.8) is 0 Å². The van der Waals surface area contributed by atoms with Crippen LogP contribution in [0.1, 0.15) is 31.9 Å². The molecule has 128 valence electrons. The fourth-order valence-electron chi connectivity index (χ4n) is 2.17. The molecule has 0 spiro atoms. The van der Waals surface area contributed by atoms with Crippen molar-refractivity contribution in [3.8, 4) is 0 Å². The van der Waals surface area contributed by atoms with Crippen molar-refractivity contribution in [3.05, 3.63) is 51.2 Å². The first-order chi connectivity index (χ1) is 11.4. The third-order valence-corrected chi connectivity index (χ3v) is 4.48. The van der Waals surface area contributed by atoms with Crippen molar-refractivity contribution in [2.75, 3.05) is 13.7 Å². The zero-order chi connectivity index (χ0) is 17.7. The number of nitrogens with zero attached hydrogens (tertiary/aromatic N) is 1. The summed E-state index contributed by atoms with van der Waals surface area (Å²) in [6.45, 7) is 1.92. The van der Waals surface area contributed by atoms with E-state index in [1.165, 1.54) is 42.7 Å². The Balaban J connectivity index is 2.07. The fraction of sp³-hybridized carbons (Fsp3) is 0.312. The number of rotatable bonds is 7. The zero-order valence-corrected chi connectivity index (χ0v) is 14.0. The van der Waals surface area contributed by atoms with E-state index < -0.39 is 17.7 Å². The maximum atomic E-state index is 13.0. The number of benzene rings is 1. The van der Waals surface area contributed by atoms with Crippen LogP contribution in [-0.2, 0) is 16.1 Å².